The summed E-state index contributed by atoms with van der Waals surface area (Å²) in [5, 5.41) is 0. The van der Waals surface area contributed by atoms with Gasteiger partial charge in [0.1, 0.15) is 5.78 Å². The second-order valence-corrected chi connectivity index (χ2v) is 3.79. The lowest BCUT2D eigenvalue weighted by atomic mass is 9.77. The van der Waals surface area contributed by atoms with Gasteiger partial charge in [-0.25, -0.2) is 0 Å². The molecule has 2 aliphatic rings. The summed E-state index contributed by atoms with van der Waals surface area (Å²) in [7, 11) is 0. The van der Waals surface area contributed by atoms with E-state index in [0.29, 0.717) is 23.5 Å². The lowest BCUT2D eigenvalue weighted by molar-refractivity contribution is -0.126. The molecule has 0 heterocycles. The number of hydrogen-bond acceptors (Lipinski definition) is 1. The highest BCUT2D eigenvalue weighted by Gasteiger charge is 2.36. The van der Waals surface area contributed by atoms with Crippen LogP contribution in [0.3, 0.4) is 0 Å². The predicted molar refractivity (Wildman–Crippen MR) is 44.1 cm³/mol. The minimum absolute atomic E-state index is 0.351. The van der Waals surface area contributed by atoms with E-state index in [1.807, 2.05) is 0 Å². The molecule has 0 aromatic heterocycles. The number of allylic oxidation sites excluding steroid dienone is 2. The van der Waals surface area contributed by atoms with E-state index >= 15 is 0 Å². The van der Waals surface area contributed by atoms with Crippen molar-refractivity contribution in [3.63, 3.8) is 0 Å². The zero-order chi connectivity index (χ0) is 7.84. The van der Waals surface area contributed by atoms with Gasteiger partial charge >= 0.3 is 0 Å². The molecule has 2 rings (SSSR count). The fourth-order valence-electron chi connectivity index (χ4n) is 2.43. The van der Waals surface area contributed by atoms with Gasteiger partial charge in [-0.05, 0) is 24.7 Å². The molecule has 0 aromatic rings. The van der Waals surface area contributed by atoms with Crippen molar-refractivity contribution in [3.05, 3.63) is 12.2 Å². The first-order valence-electron chi connectivity index (χ1n) is 4.50. The fraction of sp³-hybridized carbons (Fsp3) is 0.700. The van der Waals surface area contributed by atoms with Gasteiger partial charge < -0.3 is 0 Å². The summed E-state index contributed by atoms with van der Waals surface area (Å²) in [5.41, 5.74) is 0. The van der Waals surface area contributed by atoms with E-state index < -0.39 is 0 Å². The second kappa shape index (κ2) is 2.47. The minimum Gasteiger partial charge on any atom is -0.299 e. The fourth-order valence-corrected chi connectivity index (χ4v) is 2.43. The van der Waals surface area contributed by atoms with Crippen molar-refractivity contribution in [2.24, 2.45) is 17.8 Å². The highest BCUT2D eigenvalue weighted by atomic mass is 16.1. The third kappa shape index (κ3) is 1.03. The average molecular weight is 150 g/mol. The summed E-state index contributed by atoms with van der Waals surface area (Å²) in [6, 6.07) is 0. The van der Waals surface area contributed by atoms with Crippen LogP contribution in [0.15, 0.2) is 12.2 Å². The van der Waals surface area contributed by atoms with Gasteiger partial charge in [0.05, 0.1) is 0 Å². The van der Waals surface area contributed by atoms with Gasteiger partial charge in [0.25, 0.3) is 0 Å². The number of carbonyl (C=O) groups is 1. The Labute approximate surface area is 67.5 Å². The van der Waals surface area contributed by atoms with E-state index in [9.17, 15) is 4.79 Å². The largest absolute Gasteiger partial charge is 0.299 e. The molecule has 60 valence electrons. The van der Waals surface area contributed by atoms with Crippen LogP contribution in [0, 0.1) is 17.8 Å². The first-order chi connectivity index (χ1) is 5.29. The highest BCUT2D eigenvalue weighted by molar-refractivity contribution is 5.83. The Hall–Kier alpha value is -0.590. The maximum absolute atomic E-state index is 11.4. The number of hydrogen-bond donors (Lipinski definition) is 0. The van der Waals surface area contributed by atoms with E-state index in [-0.39, 0.29) is 0 Å². The van der Waals surface area contributed by atoms with Crippen molar-refractivity contribution in [1.29, 1.82) is 0 Å². The van der Waals surface area contributed by atoms with Gasteiger partial charge in [-0.3, -0.25) is 4.79 Å². The standard InChI is InChI=1S/C10H14O/c1-7-5-6-8-3-2-4-9(11)10(7)8/h5-8,10H,2-4H2,1H3. The molecule has 2 aliphatic carbocycles. The van der Waals surface area contributed by atoms with Crippen LogP contribution in [0.5, 0.6) is 0 Å². The summed E-state index contributed by atoms with van der Waals surface area (Å²) >= 11 is 0. The summed E-state index contributed by atoms with van der Waals surface area (Å²) in [5.74, 6) is 1.95. The minimum atomic E-state index is 0.351. The zero-order valence-corrected chi connectivity index (χ0v) is 6.92. The molecule has 3 atom stereocenters. The molecule has 1 nitrogen and oxygen atoms in total. The molecule has 0 aromatic carbocycles. The molecule has 0 amide bonds. The molecule has 11 heavy (non-hydrogen) atoms. The average Bonchev–Trinajstić information content (AvgIpc) is 2.34. The molecule has 1 heteroatoms. The van der Waals surface area contributed by atoms with Crippen molar-refractivity contribution in [2.75, 3.05) is 0 Å². The van der Waals surface area contributed by atoms with Crippen LogP contribution >= 0.6 is 0 Å². The van der Waals surface area contributed by atoms with Crippen molar-refractivity contribution in [2.45, 2.75) is 26.2 Å². The summed E-state index contributed by atoms with van der Waals surface area (Å²) in [6.45, 7) is 2.16. The Balaban J connectivity index is 2.19. The molecule has 3 unspecified atom stereocenters. The SMILES string of the molecule is CC1C=CC2CCCC(=O)C12. The molecule has 0 N–H and O–H groups in total. The summed E-state index contributed by atoms with van der Waals surface area (Å²) in [6.07, 6.45) is 7.62. The molecule has 1 saturated carbocycles. The number of Topliss-reactive ketones (excluding diaryl/α,β-unsaturated/α-hetero) is 1. The van der Waals surface area contributed by atoms with Crippen LogP contribution in [0.1, 0.15) is 26.2 Å². The molecular formula is C10H14O. The second-order valence-electron chi connectivity index (χ2n) is 3.79. The lowest BCUT2D eigenvalue weighted by Crippen LogP contribution is -2.28. The molecule has 1 fully saturated rings. The van der Waals surface area contributed by atoms with Crippen LogP contribution in [0.2, 0.25) is 0 Å². The van der Waals surface area contributed by atoms with E-state index in [0.717, 1.165) is 12.8 Å². The molecule has 0 aliphatic heterocycles. The molecule has 0 bridgehead atoms. The maximum atomic E-state index is 11.4. The summed E-state index contributed by atoms with van der Waals surface area (Å²) < 4.78 is 0. The third-order valence-electron chi connectivity index (χ3n) is 3.02. The van der Waals surface area contributed by atoms with Gasteiger partial charge in [0.2, 0.25) is 0 Å². The Morgan fingerprint density at radius 3 is 3.00 bits per heavy atom. The predicted octanol–water partition coefficient (Wildman–Crippen LogP) is 2.18. The Morgan fingerprint density at radius 1 is 1.45 bits per heavy atom. The van der Waals surface area contributed by atoms with Gasteiger partial charge in [0.15, 0.2) is 0 Å². The Morgan fingerprint density at radius 2 is 2.27 bits per heavy atom. The third-order valence-corrected chi connectivity index (χ3v) is 3.02. The molecular weight excluding hydrogens is 136 g/mol. The van der Waals surface area contributed by atoms with Crippen molar-refractivity contribution >= 4 is 5.78 Å². The smallest absolute Gasteiger partial charge is 0.137 e. The molecule has 0 radical (unpaired) electrons. The van der Waals surface area contributed by atoms with Gasteiger partial charge in [-0.2, -0.15) is 0 Å². The number of carbonyl (C=O) groups excluding carboxylic acids is 1. The Bertz CT molecular complexity index is 205. The van der Waals surface area contributed by atoms with Crippen LogP contribution in [0.25, 0.3) is 0 Å². The maximum Gasteiger partial charge on any atom is 0.137 e. The van der Waals surface area contributed by atoms with Gasteiger partial charge in [-0.1, -0.05) is 19.1 Å². The first kappa shape index (κ1) is 7.08. The van der Waals surface area contributed by atoms with Crippen molar-refractivity contribution in [3.8, 4) is 0 Å². The monoisotopic (exact) mass is 150 g/mol. The van der Waals surface area contributed by atoms with E-state index in [1.54, 1.807) is 0 Å². The molecule has 0 spiro atoms. The summed E-state index contributed by atoms with van der Waals surface area (Å²) in [4.78, 5) is 11.4. The number of fused-ring (bicyclic) bond motifs is 1. The highest BCUT2D eigenvalue weighted by Crippen LogP contribution is 2.38. The van der Waals surface area contributed by atoms with Crippen LogP contribution in [-0.2, 0) is 4.79 Å². The zero-order valence-electron chi connectivity index (χ0n) is 6.92. The first-order valence-corrected chi connectivity index (χ1v) is 4.50. The van der Waals surface area contributed by atoms with Gasteiger partial charge in [-0.15, -0.1) is 0 Å². The normalized spacial score (nSPS) is 42.6. The quantitative estimate of drug-likeness (QED) is 0.484. The number of ketones is 1. The van der Waals surface area contributed by atoms with Crippen LogP contribution < -0.4 is 0 Å². The number of rotatable bonds is 0. The van der Waals surface area contributed by atoms with E-state index in [4.69, 9.17) is 0 Å². The van der Waals surface area contributed by atoms with E-state index in [1.165, 1.54) is 6.42 Å². The van der Waals surface area contributed by atoms with E-state index in [2.05, 4.69) is 19.1 Å². The van der Waals surface area contributed by atoms with Crippen LogP contribution in [-0.4, -0.2) is 5.78 Å². The van der Waals surface area contributed by atoms with Crippen molar-refractivity contribution < 1.29 is 4.79 Å². The lowest BCUT2D eigenvalue weighted by Gasteiger charge is -2.26. The Kier molecular flexibility index (Phi) is 1.59. The van der Waals surface area contributed by atoms with Gasteiger partial charge in [0, 0.05) is 12.3 Å². The van der Waals surface area contributed by atoms with Crippen molar-refractivity contribution in [1.82, 2.24) is 0 Å². The van der Waals surface area contributed by atoms with Crippen LogP contribution in [0.4, 0.5) is 0 Å². The topological polar surface area (TPSA) is 17.1 Å². The molecule has 0 saturated heterocycles.